The van der Waals surface area contributed by atoms with Crippen molar-refractivity contribution in [3.05, 3.63) is 82.0 Å². The van der Waals surface area contributed by atoms with Crippen LogP contribution in [0.3, 0.4) is 0 Å². The van der Waals surface area contributed by atoms with E-state index in [0.717, 1.165) is 10.9 Å². The second-order valence-corrected chi connectivity index (χ2v) is 6.28. The van der Waals surface area contributed by atoms with Gasteiger partial charge in [-0.05, 0) is 35.6 Å². The van der Waals surface area contributed by atoms with Crippen LogP contribution in [0.15, 0.2) is 59.5 Å². The van der Waals surface area contributed by atoms with E-state index in [1.165, 1.54) is 10.6 Å². The van der Waals surface area contributed by atoms with Crippen LogP contribution in [-0.4, -0.2) is 21.9 Å². The molecule has 1 amide bonds. The van der Waals surface area contributed by atoms with E-state index in [9.17, 15) is 14.0 Å². The third-order valence-corrected chi connectivity index (χ3v) is 4.76. The van der Waals surface area contributed by atoms with Gasteiger partial charge < -0.3 is 9.47 Å². The maximum absolute atomic E-state index is 14.0. The molecule has 0 N–H and O–H groups in total. The Balaban J connectivity index is 1.58. The number of amides is 1. The van der Waals surface area contributed by atoms with E-state index in [0.29, 0.717) is 23.9 Å². The second-order valence-electron chi connectivity index (χ2n) is 6.28. The number of hydrogen-bond donors (Lipinski definition) is 0. The molecule has 0 saturated carbocycles. The first-order valence-electron chi connectivity index (χ1n) is 8.26. The van der Waals surface area contributed by atoms with Crippen LogP contribution in [0.2, 0.25) is 0 Å². The van der Waals surface area contributed by atoms with Crippen molar-refractivity contribution in [2.75, 3.05) is 6.54 Å². The van der Waals surface area contributed by atoms with Gasteiger partial charge in [0, 0.05) is 30.2 Å². The smallest absolute Gasteiger partial charge is 0.258 e. The van der Waals surface area contributed by atoms with Crippen LogP contribution in [-0.2, 0) is 24.3 Å². The summed E-state index contributed by atoms with van der Waals surface area (Å²) in [5.74, 6) is -0.454. The van der Waals surface area contributed by atoms with Crippen molar-refractivity contribution >= 4 is 16.7 Å². The number of halogens is 1. The van der Waals surface area contributed by atoms with Gasteiger partial charge in [0.2, 0.25) is 5.91 Å². The Bertz CT molecular complexity index is 1030. The third-order valence-electron chi connectivity index (χ3n) is 4.76. The van der Waals surface area contributed by atoms with E-state index in [-0.39, 0.29) is 30.4 Å². The van der Waals surface area contributed by atoms with Crippen LogP contribution in [0.25, 0.3) is 10.8 Å². The number of rotatable bonds is 2. The molecule has 0 saturated heterocycles. The molecule has 4 rings (SSSR count). The highest BCUT2D eigenvalue weighted by molar-refractivity contribution is 5.82. The monoisotopic (exact) mass is 336 g/mol. The lowest BCUT2D eigenvalue weighted by Gasteiger charge is -2.29. The van der Waals surface area contributed by atoms with Crippen LogP contribution < -0.4 is 5.56 Å². The highest BCUT2D eigenvalue weighted by Crippen LogP contribution is 2.21. The van der Waals surface area contributed by atoms with Crippen LogP contribution >= 0.6 is 0 Å². The lowest BCUT2D eigenvalue weighted by atomic mass is 9.99. The molecule has 1 aliphatic heterocycles. The van der Waals surface area contributed by atoms with Crippen LogP contribution in [0.5, 0.6) is 0 Å². The van der Waals surface area contributed by atoms with Crippen LogP contribution in [0.1, 0.15) is 11.1 Å². The zero-order valence-electron chi connectivity index (χ0n) is 13.6. The molecule has 126 valence electrons. The van der Waals surface area contributed by atoms with Crippen molar-refractivity contribution in [3.8, 4) is 0 Å². The first kappa shape index (κ1) is 15.6. The first-order valence-corrected chi connectivity index (χ1v) is 8.26. The number of benzene rings is 2. The SMILES string of the molecule is O=C(Cn1ccc2ccccc2c1=O)N1CCc2cccc(F)c2C1. The van der Waals surface area contributed by atoms with Crippen LogP contribution in [0, 0.1) is 5.82 Å². The fraction of sp³-hybridized carbons (Fsp3) is 0.200. The number of fused-ring (bicyclic) bond motifs is 2. The molecule has 0 unspecified atom stereocenters. The van der Waals surface area contributed by atoms with Crippen LogP contribution in [0.4, 0.5) is 4.39 Å². The van der Waals surface area contributed by atoms with Gasteiger partial charge in [-0.2, -0.15) is 0 Å². The highest BCUT2D eigenvalue weighted by atomic mass is 19.1. The Morgan fingerprint density at radius 3 is 2.80 bits per heavy atom. The Morgan fingerprint density at radius 2 is 1.92 bits per heavy atom. The van der Waals surface area contributed by atoms with E-state index in [1.807, 2.05) is 24.3 Å². The lowest BCUT2D eigenvalue weighted by molar-refractivity contribution is -0.132. The fourth-order valence-corrected chi connectivity index (χ4v) is 3.35. The summed E-state index contributed by atoms with van der Waals surface area (Å²) in [5, 5.41) is 1.44. The summed E-state index contributed by atoms with van der Waals surface area (Å²) in [6.45, 7) is 0.758. The van der Waals surface area contributed by atoms with E-state index in [4.69, 9.17) is 0 Å². The summed E-state index contributed by atoms with van der Waals surface area (Å²) in [7, 11) is 0. The Morgan fingerprint density at radius 1 is 1.08 bits per heavy atom. The minimum atomic E-state index is -0.280. The summed E-state index contributed by atoms with van der Waals surface area (Å²) in [6.07, 6.45) is 2.27. The predicted octanol–water partition coefficient (Wildman–Crippen LogP) is 2.73. The average Bonchev–Trinajstić information content (AvgIpc) is 2.64. The lowest BCUT2D eigenvalue weighted by Crippen LogP contribution is -2.40. The van der Waals surface area contributed by atoms with E-state index in [1.54, 1.807) is 29.3 Å². The molecule has 0 bridgehead atoms. The molecule has 1 aromatic heterocycles. The molecular weight excluding hydrogens is 319 g/mol. The van der Waals surface area contributed by atoms with Crippen molar-refractivity contribution < 1.29 is 9.18 Å². The van der Waals surface area contributed by atoms with Gasteiger partial charge in [0.15, 0.2) is 0 Å². The number of pyridine rings is 1. The summed E-state index contributed by atoms with van der Waals surface area (Å²) >= 11 is 0. The van der Waals surface area contributed by atoms with Gasteiger partial charge in [-0.3, -0.25) is 9.59 Å². The molecule has 0 fully saturated rings. The van der Waals surface area contributed by atoms with Gasteiger partial charge in [-0.25, -0.2) is 4.39 Å². The van der Waals surface area contributed by atoms with Crippen molar-refractivity contribution in [3.63, 3.8) is 0 Å². The third kappa shape index (κ3) is 2.82. The minimum Gasteiger partial charge on any atom is -0.336 e. The molecule has 0 aliphatic carbocycles. The van der Waals surface area contributed by atoms with Crippen molar-refractivity contribution in [2.24, 2.45) is 0 Å². The standard InChI is InChI=1S/C20H17FN2O2/c21-18-7-3-5-15-8-10-22(12-17(15)18)19(24)13-23-11-9-14-4-1-2-6-16(14)20(23)25/h1-7,9,11H,8,10,12-13H2. The molecule has 25 heavy (non-hydrogen) atoms. The second kappa shape index (κ2) is 6.16. The summed E-state index contributed by atoms with van der Waals surface area (Å²) in [6, 6.07) is 14.1. The Kier molecular flexibility index (Phi) is 3.84. The Labute approximate surface area is 144 Å². The summed E-state index contributed by atoms with van der Waals surface area (Å²) in [4.78, 5) is 26.8. The van der Waals surface area contributed by atoms with E-state index >= 15 is 0 Å². The highest BCUT2D eigenvalue weighted by Gasteiger charge is 2.23. The number of hydrogen-bond acceptors (Lipinski definition) is 2. The largest absolute Gasteiger partial charge is 0.336 e. The molecule has 1 aliphatic rings. The molecule has 2 aromatic carbocycles. The predicted molar refractivity (Wildman–Crippen MR) is 93.7 cm³/mol. The topological polar surface area (TPSA) is 42.3 Å². The van der Waals surface area contributed by atoms with Gasteiger partial charge in [0.1, 0.15) is 12.4 Å². The normalized spacial score (nSPS) is 13.7. The minimum absolute atomic E-state index is 0.0343. The van der Waals surface area contributed by atoms with Gasteiger partial charge in [-0.15, -0.1) is 0 Å². The Hall–Kier alpha value is -2.95. The molecule has 0 atom stereocenters. The number of aromatic nitrogens is 1. The number of carbonyl (C=O) groups excluding carboxylic acids is 1. The van der Waals surface area contributed by atoms with Gasteiger partial charge in [-0.1, -0.05) is 30.3 Å². The molecule has 2 heterocycles. The van der Waals surface area contributed by atoms with E-state index < -0.39 is 0 Å². The quantitative estimate of drug-likeness (QED) is 0.722. The number of nitrogens with zero attached hydrogens (tertiary/aromatic N) is 2. The number of carbonyl (C=O) groups is 1. The molecule has 5 heteroatoms. The zero-order chi connectivity index (χ0) is 17.4. The summed E-state index contributed by atoms with van der Waals surface area (Å²) in [5.41, 5.74) is 1.34. The average molecular weight is 336 g/mol. The van der Waals surface area contributed by atoms with Gasteiger partial charge in [0.25, 0.3) is 5.56 Å². The molecule has 4 nitrogen and oxygen atoms in total. The van der Waals surface area contributed by atoms with Crippen molar-refractivity contribution in [1.82, 2.24) is 9.47 Å². The van der Waals surface area contributed by atoms with E-state index in [2.05, 4.69) is 0 Å². The molecule has 3 aromatic rings. The first-order chi connectivity index (χ1) is 12.1. The molecular formula is C20H17FN2O2. The van der Waals surface area contributed by atoms with Crippen molar-refractivity contribution in [2.45, 2.75) is 19.5 Å². The molecule has 0 spiro atoms. The maximum atomic E-state index is 14.0. The van der Waals surface area contributed by atoms with Gasteiger partial charge >= 0.3 is 0 Å². The zero-order valence-corrected chi connectivity index (χ0v) is 13.6. The fourth-order valence-electron chi connectivity index (χ4n) is 3.35. The van der Waals surface area contributed by atoms with Crippen molar-refractivity contribution in [1.29, 1.82) is 0 Å². The van der Waals surface area contributed by atoms with Gasteiger partial charge in [0.05, 0.1) is 0 Å². The maximum Gasteiger partial charge on any atom is 0.258 e. The molecule has 0 radical (unpaired) electrons. The summed E-state index contributed by atoms with van der Waals surface area (Å²) < 4.78 is 15.4.